The summed E-state index contributed by atoms with van der Waals surface area (Å²) in [6.45, 7) is 0. The highest BCUT2D eigenvalue weighted by Gasteiger charge is 2.26. The van der Waals surface area contributed by atoms with Crippen molar-refractivity contribution in [1.29, 1.82) is 0 Å². The van der Waals surface area contributed by atoms with Crippen molar-refractivity contribution in [2.24, 2.45) is 0 Å². The van der Waals surface area contributed by atoms with Gasteiger partial charge in [0.25, 0.3) is 5.91 Å². The van der Waals surface area contributed by atoms with Crippen LogP contribution < -0.4 is 5.32 Å². The van der Waals surface area contributed by atoms with Gasteiger partial charge in [-0.05, 0) is 35.7 Å². The number of hydrogen-bond acceptors (Lipinski definition) is 3. The molecule has 0 saturated carbocycles. The van der Waals surface area contributed by atoms with Gasteiger partial charge in [0.15, 0.2) is 6.10 Å². The van der Waals surface area contributed by atoms with Crippen molar-refractivity contribution in [3.05, 3.63) is 65.5 Å². The molecule has 0 bridgehead atoms. The fourth-order valence-corrected chi connectivity index (χ4v) is 3.66. The molecule has 1 amide bonds. The fraction of sp³-hybridized carbons (Fsp3) is 0.235. The first-order valence-electron chi connectivity index (χ1n) is 7.11. The normalized spacial score (nSPS) is 18.4. The topological polar surface area (TPSA) is 49.3 Å². The van der Waals surface area contributed by atoms with E-state index in [0.29, 0.717) is 12.0 Å². The Labute approximate surface area is 132 Å². The van der Waals surface area contributed by atoms with Crippen molar-refractivity contribution in [1.82, 2.24) is 5.32 Å². The molecule has 1 heterocycles. The van der Waals surface area contributed by atoms with E-state index in [1.807, 2.05) is 6.07 Å². The summed E-state index contributed by atoms with van der Waals surface area (Å²) >= 11 is 1.65. The van der Waals surface area contributed by atoms with E-state index in [1.165, 1.54) is 12.1 Å². The molecule has 2 unspecified atom stereocenters. The van der Waals surface area contributed by atoms with E-state index in [2.05, 4.69) is 5.32 Å². The molecule has 2 aromatic carbocycles. The summed E-state index contributed by atoms with van der Waals surface area (Å²) in [7, 11) is 0. The number of hydrogen-bond donors (Lipinski definition) is 2. The summed E-state index contributed by atoms with van der Waals surface area (Å²) in [5, 5.41) is 13.0. The van der Waals surface area contributed by atoms with Crippen molar-refractivity contribution >= 4 is 17.7 Å². The van der Waals surface area contributed by atoms with Gasteiger partial charge in [0.2, 0.25) is 0 Å². The highest BCUT2D eigenvalue weighted by molar-refractivity contribution is 7.99. The van der Waals surface area contributed by atoms with Crippen molar-refractivity contribution in [3.8, 4) is 0 Å². The van der Waals surface area contributed by atoms with E-state index in [1.54, 1.807) is 42.1 Å². The fourth-order valence-electron chi connectivity index (χ4n) is 2.55. The van der Waals surface area contributed by atoms with E-state index in [4.69, 9.17) is 0 Å². The maximum Gasteiger partial charge on any atom is 0.253 e. The summed E-state index contributed by atoms with van der Waals surface area (Å²) < 4.78 is 13.5. The Bertz CT molecular complexity index is 678. The average Bonchev–Trinajstić information content (AvgIpc) is 2.55. The molecule has 1 aliphatic heterocycles. The number of rotatable bonds is 3. The van der Waals surface area contributed by atoms with Crippen LogP contribution in [-0.4, -0.2) is 16.8 Å². The molecule has 5 heteroatoms. The Morgan fingerprint density at radius 2 is 2.05 bits per heavy atom. The Kier molecular flexibility index (Phi) is 4.45. The largest absolute Gasteiger partial charge is 0.378 e. The number of fused-ring (bicyclic) bond motifs is 1. The van der Waals surface area contributed by atoms with E-state index in [9.17, 15) is 14.3 Å². The Morgan fingerprint density at radius 3 is 2.82 bits per heavy atom. The van der Waals surface area contributed by atoms with Crippen LogP contribution in [0.15, 0.2) is 53.4 Å². The summed E-state index contributed by atoms with van der Waals surface area (Å²) in [6, 6.07) is 13.1. The number of carbonyl (C=O) groups is 1. The second kappa shape index (κ2) is 6.50. The van der Waals surface area contributed by atoms with Crippen LogP contribution >= 0.6 is 11.8 Å². The minimum atomic E-state index is -1.22. The highest BCUT2D eigenvalue weighted by atomic mass is 32.2. The molecular formula is C17H16FNO2S. The minimum absolute atomic E-state index is 0.266. The molecule has 114 valence electrons. The molecule has 2 atom stereocenters. The quantitative estimate of drug-likeness (QED) is 0.914. The molecule has 22 heavy (non-hydrogen) atoms. The molecule has 3 nitrogen and oxygen atoms in total. The minimum Gasteiger partial charge on any atom is -0.378 e. The zero-order valence-electron chi connectivity index (χ0n) is 11.8. The molecule has 0 saturated heterocycles. The number of carbonyl (C=O) groups excluding carboxylic acids is 1. The zero-order chi connectivity index (χ0) is 15.5. The van der Waals surface area contributed by atoms with E-state index >= 15 is 0 Å². The second-order valence-corrected chi connectivity index (χ2v) is 6.33. The summed E-state index contributed by atoms with van der Waals surface area (Å²) in [5.41, 5.74) is 1.33. The van der Waals surface area contributed by atoms with E-state index in [-0.39, 0.29) is 11.9 Å². The van der Waals surface area contributed by atoms with Crippen LogP contribution in [-0.2, 0) is 4.79 Å². The Balaban J connectivity index is 1.77. The van der Waals surface area contributed by atoms with Crippen LogP contribution in [0.1, 0.15) is 29.7 Å². The Hall–Kier alpha value is -1.85. The maximum absolute atomic E-state index is 13.5. The molecule has 0 aromatic heterocycles. The SMILES string of the molecule is O=C(NC1CCSc2ccc(F)cc21)C(O)c1ccccc1. The highest BCUT2D eigenvalue weighted by Crippen LogP contribution is 2.36. The van der Waals surface area contributed by atoms with Gasteiger partial charge in [-0.25, -0.2) is 4.39 Å². The van der Waals surface area contributed by atoms with Crippen LogP contribution in [0.25, 0.3) is 0 Å². The lowest BCUT2D eigenvalue weighted by atomic mass is 10.0. The number of halogens is 1. The number of thioether (sulfide) groups is 1. The first-order valence-corrected chi connectivity index (χ1v) is 8.09. The van der Waals surface area contributed by atoms with E-state index < -0.39 is 12.0 Å². The van der Waals surface area contributed by atoms with Crippen molar-refractivity contribution < 1.29 is 14.3 Å². The molecule has 2 N–H and O–H groups in total. The lowest BCUT2D eigenvalue weighted by Gasteiger charge is -2.27. The summed E-state index contributed by atoms with van der Waals surface area (Å²) in [5.74, 6) is 0.0767. The number of aliphatic hydroxyl groups excluding tert-OH is 1. The van der Waals surface area contributed by atoms with Crippen LogP contribution in [0.2, 0.25) is 0 Å². The molecule has 3 rings (SSSR count). The molecule has 0 aliphatic carbocycles. The lowest BCUT2D eigenvalue weighted by Crippen LogP contribution is -2.34. The summed E-state index contributed by atoms with van der Waals surface area (Å²) in [4.78, 5) is 13.2. The van der Waals surface area contributed by atoms with Crippen LogP contribution in [0.3, 0.4) is 0 Å². The van der Waals surface area contributed by atoms with Crippen LogP contribution in [0, 0.1) is 5.82 Å². The maximum atomic E-state index is 13.5. The van der Waals surface area contributed by atoms with Gasteiger partial charge in [0.1, 0.15) is 5.82 Å². The van der Waals surface area contributed by atoms with Gasteiger partial charge in [-0.2, -0.15) is 0 Å². The van der Waals surface area contributed by atoms with Gasteiger partial charge in [-0.1, -0.05) is 30.3 Å². The monoisotopic (exact) mass is 317 g/mol. The smallest absolute Gasteiger partial charge is 0.253 e. The number of benzene rings is 2. The van der Waals surface area contributed by atoms with Crippen molar-refractivity contribution in [2.45, 2.75) is 23.5 Å². The van der Waals surface area contributed by atoms with Gasteiger partial charge >= 0.3 is 0 Å². The number of aliphatic hydroxyl groups is 1. The first-order chi connectivity index (χ1) is 10.6. The summed E-state index contributed by atoms with van der Waals surface area (Å²) in [6.07, 6.45) is -0.498. The van der Waals surface area contributed by atoms with Crippen LogP contribution in [0.4, 0.5) is 4.39 Å². The third kappa shape index (κ3) is 3.15. The number of amides is 1. The predicted molar refractivity (Wildman–Crippen MR) is 84.0 cm³/mol. The molecular weight excluding hydrogens is 301 g/mol. The van der Waals surface area contributed by atoms with Gasteiger partial charge in [-0.15, -0.1) is 11.8 Å². The molecule has 0 fully saturated rings. The Morgan fingerprint density at radius 1 is 1.27 bits per heavy atom. The molecule has 1 aliphatic rings. The van der Waals surface area contributed by atoms with Gasteiger partial charge in [-0.3, -0.25) is 4.79 Å². The third-order valence-electron chi connectivity index (χ3n) is 3.69. The second-order valence-electron chi connectivity index (χ2n) is 5.19. The van der Waals surface area contributed by atoms with Crippen molar-refractivity contribution in [3.63, 3.8) is 0 Å². The van der Waals surface area contributed by atoms with E-state index in [0.717, 1.165) is 16.2 Å². The van der Waals surface area contributed by atoms with Gasteiger partial charge in [0.05, 0.1) is 6.04 Å². The first kappa shape index (κ1) is 15.1. The standard InChI is InChI=1S/C17H16FNO2S/c18-12-6-7-15-13(10-12)14(8-9-22-15)19-17(21)16(20)11-4-2-1-3-5-11/h1-7,10,14,16,20H,8-9H2,(H,19,21). The van der Waals surface area contributed by atoms with Crippen molar-refractivity contribution in [2.75, 3.05) is 5.75 Å². The van der Waals surface area contributed by atoms with Gasteiger partial charge in [0, 0.05) is 10.6 Å². The zero-order valence-corrected chi connectivity index (χ0v) is 12.6. The lowest BCUT2D eigenvalue weighted by molar-refractivity contribution is -0.130. The van der Waals surface area contributed by atoms with Crippen LogP contribution in [0.5, 0.6) is 0 Å². The average molecular weight is 317 g/mol. The predicted octanol–water partition coefficient (Wildman–Crippen LogP) is 3.21. The molecule has 2 aromatic rings. The van der Waals surface area contributed by atoms with Gasteiger partial charge < -0.3 is 10.4 Å². The molecule has 0 radical (unpaired) electrons. The molecule has 0 spiro atoms. The number of nitrogens with one attached hydrogen (secondary N) is 1. The third-order valence-corrected chi connectivity index (χ3v) is 4.81.